The Bertz CT molecular complexity index is 702. The lowest BCUT2D eigenvalue weighted by Crippen LogP contribution is -2.51. The molecule has 4 aliphatic rings. The van der Waals surface area contributed by atoms with Crippen molar-refractivity contribution >= 4 is 17.6 Å². The fourth-order valence-electron chi connectivity index (χ4n) is 5.72. The van der Waals surface area contributed by atoms with E-state index in [-0.39, 0.29) is 30.4 Å². The second kappa shape index (κ2) is 6.75. The number of nitrogens with zero attached hydrogens (tertiary/aromatic N) is 2. The summed E-state index contributed by atoms with van der Waals surface area (Å²) in [6, 6.07) is 11.0. The van der Waals surface area contributed by atoms with E-state index in [4.69, 9.17) is 10.00 Å². The molecule has 0 aliphatic heterocycles. The van der Waals surface area contributed by atoms with Gasteiger partial charge in [0.2, 0.25) is 0 Å². The molecule has 0 atom stereocenters. The maximum Gasteiger partial charge on any atom is 0.312 e. The van der Waals surface area contributed by atoms with Crippen molar-refractivity contribution < 1.29 is 14.3 Å². The number of ether oxygens (including phenoxy) is 1. The van der Waals surface area contributed by atoms with Gasteiger partial charge < -0.3 is 4.74 Å². The highest BCUT2D eigenvalue weighted by Crippen LogP contribution is 2.60. The molecule has 5 rings (SSSR count). The SMILES string of the molecule is N#CCN(C(=O)COC(=O)C12CC3CC(CC(C3)C1)C2)c1ccccc1. The van der Waals surface area contributed by atoms with E-state index in [2.05, 4.69) is 0 Å². The van der Waals surface area contributed by atoms with Gasteiger partial charge in [-0.1, -0.05) is 18.2 Å². The highest BCUT2D eigenvalue weighted by molar-refractivity contribution is 5.95. The molecular weight excluding hydrogens is 328 g/mol. The van der Waals surface area contributed by atoms with Crippen molar-refractivity contribution in [3.8, 4) is 6.07 Å². The lowest BCUT2D eigenvalue weighted by Gasteiger charge is -2.55. The van der Waals surface area contributed by atoms with Crippen LogP contribution in [0.5, 0.6) is 0 Å². The summed E-state index contributed by atoms with van der Waals surface area (Å²) in [7, 11) is 0. The van der Waals surface area contributed by atoms with E-state index >= 15 is 0 Å². The lowest BCUT2D eigenvalue weighted by atomic mass is 9.49. The fraction of sp³-hybridized carbons (Fsp3) is 0.571. The van der Waals surface area contributed by atoms with Crippen molar-refractivity contribution in [3.05, 3.63) is 30.3 Å². The first-order chi connectivity index (χ1) is 12.6. The molecule has 0 aromatic heterocycles. The van der Waals surface area contributed by atoms with Crippen LogP contribution in [0.15, 0.2) is 30.3 Å². The Morgan fingerprint density at radius 2 is 1.65 bits per heavy atom. The van der Waals surface area contributed by atoms with Crippen LogP contribution >= 0.6 is 0 Å². The first-order valence-corrected chi connectivity index (χ1v) is 9.49. The predicted molar refractivity (Wildman–Crippen MR) is 96.0 cm³/mol. The molecule has 1 aromatic rings. The summed E-state index contributed by atoms with van der Waals surface area (Å²) < 4.78 is 5.50. The molecule has 1 amide bonds. The van der Waals surface area contributed by atoms with Crippen LogP contribution in [0, 0.1) is 34.5 Å². The molecule has 0 N–H and O–H groups in total. The molecular formula is C21H24N2O3. The quantitative estimate of drug-likeness (QED) is 0.602. The largest absolute Gasteiger partial charge is 0.455 e. The maximum atomic E-state index is 12.9. The van der Waals surface area contributed by atoms with Crippen LogP contribution < -0.4 is 4.90 Å². The monoisotopic (exact) mass is 352 g/mol. The second-order valence-corrected chi connectivity index (χ2v) is 8.25. The molecule has 0 saturated heterocycles. The van der Waals surface area contributed by atoms with Crippen LogP contribution in [0.25, 0.3) is 0 Å². The van der Waals surface area contributed by atoms with E-state index in [0.717, 1.165) is 19.3 Å². The molecule has 136 valence electrons. The van der Waals surface area contributed by atoms with E-state index in [1.807, 2.05) is 24.3 Å². The van der Waals surface area contributed by atoms with E-state index in [9.17, 15) is 9.59 Å². The summed E-state index contributed by atoms with van der Waals surface area (Å²) in [6.45, 7) is -0.352. The number of rotatable bonds is 5. The van der Waals surface area contributed by atoms with Crippen molar-refractivity contribution in [3.63, 3.8) is 0 Å². The number of carbonyl (C=O) groups is 2. The molecule has 0 heterocycles. The van der Waals surface area contributed by atoms with E-state index in [0.29, 0.717) is 23.4 Å². The van der Waals surface area contributed by atoms with Crippen LogP contribution in [0.2, 0.25) is 0 Å². The Morgan fingerprint density at radius 1 is 1.08 bits per heavy atom. The maximum absolute atomic E-state index is 12.9. The predicted octanol–water partition coefficient (Wildman–Crippen LogP) is 3.30. The number of esters is 1. The third-order valence-corrected chi connectivity index (χ3v) is 6.40. The molecule has 0 unspecified atom stereocenters. The minimum Gasteiger partial charge on any atom is -0.455 e. The Kier molecular flexibility index (Phi) is 4.44. The molecule has 4 bridgehead atoms. The van der Waals surface area contributed by atoms with Crippen LogP contribution in [0.4, 0.5) is 5.69 Å². The van der Waals surface area contributed by atoms with Crippen molar-refractivity contribution in [2.45, 2.75) is 38.5 Å². The zero-order chi connectivity index (χ0) is 18.1. The minimum absolute atomic E-state index is 0.0578. The van der Waals surface area contributed by atoms with Gasteiger partial charge in [0, 0.05) is 5.69 Å². The summed E-state index contributed by atoms with van der Waals surface area (Å²) in [6.07, 6.45) is 6.55. The minimum atomic E-state index is -0.359. The van der Waals surface area contributed by atoms with Gasteiger partial charge >= 0.3 is 5.97 Å². The molecule has 4 saturated carbocycles. The van der Waals surface area contributed by atoms with Crippen molar-refractivity contribution in [2.75, 3.05) is 18.1 Å². The zero-order valence-corrected chi connectivity index (χ0v) is 14.9. The summed E-state index contributed by atoms with van der Waals surface area (Å²) in [5.74, 6) is 1.42. The number of carbonyl (C=O) groups excluding carboxylic acids is 2. The average molecular weight is 352 g/mol. The summed E-state index contributed by atoms with van der Waals surface area (Å²) in [5.41, 5.74) is 0.284. The van der Waals surface area contributed by atoms with Gasteiger partial charge in [-0.15, -0.1) is 0 Å². The third-order valence-electron chi connectivity index (χ3n) is 6.40. The highest BCUT2D eigenvalue weighted by atomic mass is 16.5. The van der Waals surface area contributed by atoms with Gasteiger partial charge in [-0.05, 0) is 68.4 Å². The number of anilines is 1. The summed E-state index contributed by atoms with van der Waals surface area (Å²) in [5, 5.41) is 9.03. The Hall–Kier alpha value is -2.35. The molecule has 0 spiro atoms. The van der Waals surface area contributed by atoms with E-state index in [1.54, 1.807) is 12.1 Å². The van der Waals surface area contributed by atoms with Crippen LogP contribution in [-0.4, -0.2) is 25.0 Å². The third kappa shape index (κ3) is 3.09. The summed E-state index contributed by atoms with van der Waals surface area (Å²) in [4.78, 5) is 26.8. The fourth-order valence-corrected chi connectivity index (χ4v) is 5.72. The van der Waals surface area contributed by atoms with Gasteiger partial charge in [-0.3, -0.25) is 14.5 Å². The topological polar surface area (TPSA) is 70.4 Å². The number of para-hydroxylation sites is 1. The van der Waals surface area contributed by atoms with Crippen molar-refractivity contribution in [1.82, 2.24) is 0 Å². The van der Waals surface area contributed by atoms with Gasteiger partial charge in [-0.2, -0.15) is 5.26 Å². The van der Waals surface area contributed by atoms with Crippen LogP contribution in [-0.2, 0) is 14.3 Å². The van der Waals surface area contributed by atoms with Crippen molar-refractivity contribution in [2.24, 2.45) is 23.2 Å². The molecule has 1 aromatic carbocycles. The molecule has 5 heteroatoms. The molecule has 0 radical (unpaired) electrons. The lowest BCUT2D eigenvalue weighted by molar-refractivity contribution is -0.172. The Labute approximate surface area is 153 Å². The van der Waals surface area contributed by atoms with Gasteiger partial charge in [-0.25, -0.2) is 0 Å². The molecule has 4 fully saturated rings. The Morgan fingerprint density at radius 3 is 2.19 bits per heavy atom. The van der Waals surface area contributed by atoms with E-state index in [1.165, 1.54) is 24.2 Å². The van der Waals surface area contributed by atoms with Gasteiger partial charge in [0.15, 0.2) is 6.61 Å². The van der Waals surface area contributed by atoms with Gasteiger partial charge in [0.1, 0.15) is 6.54 Å². The van der Waals surface area contributed by atoms with Crippen LogP contribution in [0.1, 0.15) is 38.5 Å². The standard InChI is InChI=1S/C21H24N2O3/c22-6-7-23(18-4-2-1-3-5-18)19(24)14-26-20(25)21-11-15-8-16(12-21)10-17(9-15)13-21/h1-5,15-17H,7-14H2. The van der Waals surface area contributed by atoms with E-state index < -0.39 is 0 Å². The molecule has 26 heavy (non-hydrogen) atoms. The highest BCUT2D eigenvalue weighted by Gasteiger charge is 2.55. The normalized spacial score (nSPS) is 31.3. The van der Waals surface area contributed by atoms with Gasteiger partial charge in [0.05, 0.1) is 11.5 Å². The zero-order valence-electron chi connectivity index (χ0n) is 14.9. The average Bonchev–Trinajstić information content (AvgIpc) is 2.63. The van der Waals surface area contributed by atoms with Crippen LogP contribution in [0.3, 0.4) is 0 Å². The first-order valence-electron chi connectivity index (χ1n) is 9.49. The second-order valence-electron chi connectivity index (χ2n) is 8.25. The number of hydrogen-bond acceptors (Lipinski definition) is 4. The Balaban J connectivity index is 1.41. The van der Waals surface area contributed by atoms with Crippen molar-refractivity contribution in [1.29, 1.82) is 5.26 Å². The first kappa shape index (κ1) is 17.1. The number of hydrogen-bond donors (Lipinski definition) is 0. The molecule has 5 nitrogen and oxygen atoms in total. The van der Waals surface area contributed by atoms with Gasteiger partial charge in [0.25, 0.3) is 5.91 Å². The number of nitriles is 1. The number of amides is 1. The molecule has 4 aliphatic carbocycles. The summed E-state index contributed by atoms with van der Waals surface area (Å²) >= 11 is 0. The smallest absolute Gasteiger partial charge is 0.312 e. The number of benzene rings is 1.